The van der Waals surface area contributed by atoms with Crippen molar-refractivity contribution in [2.24, 2.45) is 0 Å². The quantitative estimate of drug-likeness (QED) is 0.665. The Balaban J connectivity index is 2.26. The van der Waals surface area contributed by atoms with E-state index in [-0.39, 0.29) is 5.92 Å². The highest BCUT2D eigenvalue weighted by Gasteiger charge is 2.15. The van der Waals surface area contributed by atoms with Gasteiger partial charge in [0.05, 0.1) is 0 Å². The van der Waals surface area contributed by atoms with Gasteiger partial charge in [0.15, 0.2) is 0 Å². The SMILES string of the molecule is O=C(S)OCC(c1ccccc1)c1ccccc1. The molecule has 18 heavy (non-hydrogen) atoms. The molecule has 0 aliphatic carbocycles. The van der Waals surface area contributed by atoms with Crippen molar-refractivity contribution in [3.8, 4) is 0 Å². The van der Waals surface area contributed by atoms with E-state index in [9.17, 15) is 4.79 Å². The summed E-state index contributed by atoms with van der Waals surface area (Å²) in [6.07, 6.45) is 0. The monoisotopic (exact) mass is 258 g/mol. The minimum absolute atomic E-state index is 0.0449. The third kappa shape index (κ3) is 3.37. The molecule has 3 heteroatoms. The topological polar surface area (TPSA) is 26.3 Å². The summed E-state index contributed by atoms with van der Waals surface area (Å²) in [5, 5.41) is -0.549. The Hall–Kier alpha value is -1.74. The molecule has 2 aromatic carbocycles. The Morgan fingerprint density at radius 3 is 1.78 bits per heavy atom. The Kier molecular flexibility index (Phi) is 4.42. The minimum Gasteiger partial charge on any atom is -0.457 e. The second-order valence-corrected chi connectivity index (χ2v) is 4.32. The van der Waals surface area contributed by atoms with Crippen molar-refractivity contribution in [2.45, 2.75) is 5.92 Å². The van der Waals surface area contributed by atoms with E-state index in [1.165, 1.54) is 0 Å². The average Bonchev–Trinajstić information content (AvgIpc) is 2.41. The fourth-order valence-corrected chi connectivity index (χ4v) is 1.98. The molecule has 0 saturated heterocycles. The predicted molar refractivity (Wildman–Crippen MR) is 75.1 cm³/mol. The molecule has 0 heterocycles. The van der Waals surface area contributed by atoms with E-state index in [1.807, 2.05) is 60.7 Å². The lowest BCUT2D eigenvalue weighted by Gasteiger charge is -2.17. The highest BCUT2D eigenvalue weighted by Crippen LogP contribution is 2.24. The molecular formula is C15H14O2S. The van der Waals surface area contributed by atoms with Gasteiger partial charge in [-0.05, 0) is 11.1 Å². The molecule has 0 aromatic heterocycles. The first-order chi connectivity index (χ1) is 8.77. The highest BCUT2D eigenvalue weighted by molar-refractivity contribution is 7.96. The molecule has 0 atom stereocenters. The molecule has 0 radical (unpaired) electrons. The van der Waals surface area contributed by atoms with Gasteiger partial charge in [0.2, 0.25) is 0 Å². The predicted octanol–water partition coefficient (Wildman–Crippen LogP) is 3.88. The zero-order chi connectivity index (χ0) is 12.8. The Labute approximate surface area is 112 Å². The lowest BCUT2D eigenvalue weighted by molar-refractivity contribution is 0.171. The van der Waals surface area contributed by atoms with Gasteiger partial charge in [-0.3, -0.25) is 0 Å². The molecule has 0 bridgehead atoms. The van der Waals surface area contributed by atoms with Crippen molar-refractivity contribution >= 4 is 17.9 Å². The van der Waals surface area contributed by atoms with Crippen LogP contribution in [0.1, 0.15) is 17.0 Å². The van der Waals surface area contributed by atoms with Crippen molar-refractivity contribution in [2.75, 3.05) is 6.61 Å². The average molecular weight is 258 g/mol. The van der Waals surface area contributed by atoms with Crippen LogP contribution in [0.3, 0.4) is 0 Å². The number of hydrogen-bond acceptors (Lipinski definition) is 2. The Morgan fingerprint density at radius 2 is 1.39 bits per heavy atom. The van der Waals surface area contributed by atoms with E-state index in [0.29, 0.717) is 6.61 Å². The molecule has 2 rings (SSSR count). The number of carbonyl (C=O) groups is 1. The van der Waals surface area contributed by atoms with Crippen LogP contribution in [-0.4, -0.2) is 11.9 Å². The lowest BCUT2D eigenvalue weighted by atomic mass is 9.92. The molecular weight excluding hydrogens is 244 g/mol. The minimum atomic E-state index is -0.549. The number of carbonyl (C=O) groups excluding carboxylic acids is 1. The van der Waals surface area contributed by atoms with Crippen molar-refractivity contribution in [3.05, 3.63) is 71.8 Å². The van der Waals surface area contributed by atoms with Crippen LogP contribution in [0.2, 0.25) is 0 Å². The van der Waals surface area contributed by atoms with Crippen molar-refractivity contribution in [3.63, 3.8) is 0 Å². The van der Waals surface area contributed by atoms with Gasteiger partial charge in [-0.1, -0.05) is 73.3 Å². The summed E-state index contributed by atoms with van der Waals surface area (Å²) in [6.45, 7) is 0.302. The third-order valence-electron chi connectivity index (χ3n) is 2.78. The number of rotatable bonds is 4. The van der Waals surface area contributed by atoms with Crippen LogP contribution in [0.25, 0.3) is 0 Å². The lowest BCUT2D eigenvalue weighted by Crippen LogP contribution is -2.10. The van der Waals surface area contributed by atoms with Gasteiger partial charge in [-0.15, -0.1) is 0 Å². The summed E-state index contributed by atoms with van der Waals surface area (Å²) in [7, 11) is 0. The fraction of sp³-hybridized carbons (Fsp3) is 0.133. The first-order valence-corrected chi connectivity index (χ1v) is 6.17. The van der Waals surface area contributed by atoms with E-state index < -0.39 is 5.30 Å². The molecule has 0 fully saturated rings. The van der Waals surface area contributed by atoms with E-state index in [0.717, 1.165) is 11.1 Å². The van der Waals surface area contributed by atoms with Gasteiger partial charge in [-0.2, -0.15) is 0 Å². The van der Waals surface area contributed by atoms with Crippen LogP contribution < -0.4 is 0 Å². The Bertz CT molecular complexity index is 457. The van der Waals surface area contributed by atoms with E-state index in [4.69, 9.17) is 4.74 Å². The van der Waals surface area contributed by atoms with E-state index in [2.05, 4.69) is 12.6 Å². The van der Waals surface area contributed by atoms with E-state index in [1.54, 1.807) is 0 Å². The number of thiol groups is 1. The second kappa shape index (κ2) is 6.26. The van der Waals surface area contributed by atoms with Crippen LogP contribution in [0.5, 0.6) is 0 Å². The molecule has 0 N–H and O–H groups in total. The maximum absolute atomic E-state index is 10.9. The summed E-state index contributed by atoms with van der Waals surface area (Å²) in [5.74, 6) is 0.0449. The third-order valence-corrected chi connectivity index (χ3v) is 2.91. The first kappa shape index (κ1) is 12.7. The van der Waals surface area contributed by atoms with Crippen LogP contribution in [0, 0.1) is 0 Å². The van der Waals surface area contributed by atoms with Gasteiger partial charge in [-0.25, -0.2) is 4.79 Å². The summed E-state index contributed by atoms with van der Waals surface area (Å²) >= 11 is 3.64. The molecule has 0 saturated carbocycles. The van der Waals surface area contributed by atoms with Crippen LogP contribution in [-0.2, 0) is 4.74 Å². The van der Waals surface area contributed by atoms with E-state index >= 15 is 0 Å². The van der Waals surface area contributed by atoms with Gasteiger partial charge in [0, 0.05) is 5.92 Å². The molecule has 2 aromatic rings. The number of hydrogen-bond donors (Lipinski definition) is 1. The zero-order valence-electron chi connectivity index (χ0n) is 9.82. The smallest absolute Gasteiger partial charge is 0.364 e. The normalized spacial score (nSPS) is 10.3. The van der Waals surface area contributed by atoms with Gasteiger partial charge < -0.3 is 4.74 Å². The number of ether oxygens (including phenoxy) is 1. The largest absolute Gasteiger partial charge is 0.457 e. The highest BCUT2D eigenvalue weighted by atomic mass is 32.1. The fourth-order valence-electron chi connectivity index (χ4n) is 1.91. The maximum Gasteiger partial charge on any atom is 0.364 e. The molecule has 0 spiro atoms. The van der Waals surface area contributed by atoms with Crippen LogP contribution in [0.15, 0.2) is 60.7 Å². The maximum atomic E-state index is 10.9. The molecule has 0 amide bonds. The molecule has 2 nitrogen and oxygen atoms in total. The first-order valence-electron chi connectivity index (χ1n) is 5.73. The summed E-state index contributed by atoms with van der Waals surface area (Å²) in [4.78, 5) is 10.9. The number of benzene rings is 2. The summed E-state index contributed by atoms with van der Waals surface area (Å²) < 4.78 is 5.04. The van der Waals surface area contributed by atoms with Gasteiger partial charge in [0.1, 0.15) is 6.61 Å². The molecule has 0 unspecified atom stereocenters. The zero-order valence-corrected chi connectivity index (χ0v) is 10.7. The van der Waals surface area contributed by atoms with Crippen molar-refractivity contribution < 1.29 is 9.53 Å². The molecule has 0 aliphatic heterocycles. The summed E-state index contributed by atoms with van der Waals surface area (Å²) in [5.41, 5.74) is 2.25. The Morgan fingerprint density at radius 1 is 0.944 bits per heavy atom. The second-order valence-electron chi connectivity index (χ2n) is 3.95. The molecule has 92 valence electrons. The van der Waals surface area contributed by atoms with Crippen molar-refractivity contribution in [1.82, 2.24) is 0 Å². The van der Waals surface area contributed by atoms with Gasteiger partial charge in [0.25, 0.3) is 0 Å². The van der Waals surface area contributed by atoms with Crippen LogP contribution in [0.4, 0.5) is 4.79 Å². The summed E-state index contributed by atoms with van der Waals surface area (Å²) in [6, 6.07) is 20.0. The molecule has 0 aliphatic rings. The van der Waals surface area contributed by atoms with Crippen LogP contribution >= 0.6 is 12.6 Å². The van der Waals surface area contributed by atoms with Gasteiger partial charge >= 0.3 is 5.30 Å². The van der Waals surface area contributed by atoms with Crippen molar-refractivity contribution in [1.29, 1.82) is 0 Å². The standard InChI is InChI=1S/C15H14O2S/c16-15(18)17-11-14(12-7-3-1-4-8-12)13-9-5-2-6-10-13/h1-10,14H,11H2,(H,16,18).